The van der Waals surface area contributed by atoms with Crippen molar-refractivity contribution in [3.05, 3.63) is 0 Å². The zero-order valence-electron chi connectivity index (χ0n) is 12.4. The highest BCUT2D eigenvalue weighted by Crippen LogP contribution is 2.24. The Morgan fingerprint density at radius 2 is 1.70 bits per heavy atom. The second kappa shape index (κ2) is 6.43. The Kier molecular flexibility index (Phi) is 4.86. The molecule has 1 aliphatic heterocycles. The first kappa shape index (κ1) is 15.1. The summed E-state index contributed by atoms with van der Waals surface area (Å²) in [5.41, 5.74) is 0. The van der Waals surface area contributed by atoms with Crippen molar-refractivity contribution in [1.29, 1.82) is 0 Å². The largest absolute Gasteiger partial charge is 0.480 e. The third-order valence-corrected chi connectivity index (χ3v) is 4.67. The van der Waals surface area contributed by atoms with Crippen molar-refractivity contribution in [3.63, 3.8) is 0 Å². The number of piperazine rings is 1. The maximum atomic E-state index is 12.2. The number of carboxylic acids is 1. The molecule has 1 saturated heterocycles. The van der Waals surface area contributed by atoms with Gasteiger partial charge in [-0.05, 0) is 19.8 Å². The van der Waals surface area contributed by atoms with E-state index in [1.54, 1.807) is 11.9 Å². The topological polar surface area (TPSA) is 64.1 Å². The number of aliphatic carboxylic acids is 1. The minimum atomic E-state index is -0.967. The summed E-state index contributed by atoms with van der Waals surface area (Å²) in [5.74, 6) is -0.967. The predicted molar refractivity (Wildman–Crippen MR) is 75.7 cm³/mol. The van der Waals surface area contributed by atoms with Crippen molar-refractivity contribution in [3.8, 4) is 0 Å². The third kappa shape index (κ3) is 3.23. The van der Waals surface area contributed by atoms with Gasteiger partial charge in [0.2, 0.25) is 0 Å². The van der Waals surface area contributed by atoms with Gasteiger partial charge in [0.05, 0.1) is 0 Å². The molecule has 0 spiro atoms. The van der Waals surface area contributed by atoms with Crippen molar-refractivity contribution in [1.82, 2.24) is 14.7 Å². The van der Waals surface area contributed by atoms with Gasteiger partial charge in [0.15, 0.2) is 0 Å². The van der Waals surface area contributed by atoms with E-state index in [4.69, 9.17) is 5.11 Å². The summed E-state index contributed by atoms with van der Waals surface area (Å²) < 4.78 is 0. The van der Waals surface area contributed by atoms with Crippen LogP contribution in [0.2, 0.25) is 0 Å². The van der Waals surface area contributed by atoms with Crippen LogP contribution in [0.5, 0.6) is 0 Å². The molecule has 0 aromatic heterocycles. The van der Waals surface area contributed by atoms with Crippen LogP contribution in [0, 0.1) is 0 Å². The lowest BCUT2D eigenvalue weighted by atomic mass is 10.2. The van der Waals surface area contributed by atoms with Crippen LogP contribution in [0.25, 0.3) is 0 Å². The zero-order valence-corrected chi connectivity index (χ0v) is 12.4. The van der Waals surface area contributed by atoms with Gasteiger partial charge < -0.3 is 14.9 Å². The van der Waals surface area contributed by atoms with Crippen LogP contribution < -0.4 is 0 Å². The summed E-state index contributed by atoms with van der Waals surface area (Å²) in [4.78, 5) is 28.7. The Labute approximate surface area is 120 Å². The van der Waals surface area contributed by atoms with Crippen molar-refractivity contribution in [2.24, 2.45) is 0 Å². The lowest BCUT2D eigenvalue weighted by Gasteiger charge is -2.39. The molecule has 0 bridgehead atoms. The third-order valence-electron chi connectivity index (χ3n) is 4.67. The maximum Gasteiger partial charge on any atom is 0.326 e. The first-order valence-electron chi connectivity index (χ1n) is 7.49. The summed E-state index contributed by atoms with van der Waals surface area (Å²) in [6.07, 6.45) is 5.21. The van der Waals surface area contributed by atoms with Crippen molar-refractivity contribution >= 4 is 12.0 Å². The number of hydrogen-bond acceptors (Lipinski definition) is 3. The molecule has 1 aliphatic carbocycles. The molecule has 6 heteroatoms. The molecule has 0 aromatic carbocycles. The van der Waals surface area contributed by atoms with Crippen LogP contribution >= 0.6 is 0 Å². The summed E-state index contributed by atoms with van der Waals surface area (Å²) in [5, 5.41) is 8.96. The number of carboxylic acid groups (broad SMARTS) is 1. The smallest absolute Gasteiger partial charge is 0.326 e. The molecule has 1 heterocycles. The molecule has 0 radical (unpaired) electrons. The second-order valence-corrected chi connectivity index (χ2v) is 5.87. The molecule has 0 aromatic rings. The van der Waals surface area contributed by atoms with Crippen LogP contribution in [0.3, 0.4) is 0 Å². The molecule has 2 fully saturated rings. The lowest BCUT2D eigenvalue weighted by molar-refractivity contribution is -0.141. The van der Waals surface area contributed by atoms with E-state index in [0.717, 1.165) is 13.1 Å². The maximum absolute atomic E-state index is 12.2. The quantitative estimate of drug-likeness (QED) is 0.841. The molecule has 2 amide bonds. The first-order valence-corrected chi connectivity index (χ1v) is 7.49. The van der Waals surface area contributed by atoms with Gasteiger partial charge >= 0.3 is 12.0 Å². The van der Waals surface area contributed by atoms with E-state index < -0.39 is 12.0 Å². The number of nitrogens with zero attached hydrogens (tertiary/aromatic N) is 3. The molecule has 6 nitrogen and oxygen atoms in total. The average molecular weight is 283 g/mol. The normalized spacial score (nSPS) is 22.8. The van der Waals surface area contributed by atoms with Gasteiger partial charge in [-0.15, -0.1) is 0 Å². The van der Waals surface area contributed by atoms with Gasteiger partial charge in [0, 0.05) is 39.3 Å². The number of hydrogen-bond donors (Lipinski definition) is 1. The number of carbonyl (C=O) groups is 2. The monoisotopic (exact) mass is 283 g/mol. The van der Waals surface area contributed by atoms with Crippen molar-refractivity contribution < 1.29 is 14.7 Å². The molecule has 114 valence electrons. The number of rotatable bonds is 3. The van der Waals surface area contributed by atoms with Gasteiger partial charge in [-0.2, -0.15) is 0 Å². The summed E-state index contributed by atoms with van der Waals surface area (Å²) in [7, 11) is 1.56. The van der Waals surface area contributed by atoms with E-state index in [9.17, 15) is 9.59 Å². The Hall–Kier alpha value is -1.30. The minimum Gasteiger partial charge on any atom is -0.480 e. The van der Waals surface area contributed by atoms with Crippen LogP contribution in [0.1, 0.15) is 32.6 Å². The molecule has 1 atom stereocenters. The van der Waals surface area contributed by atoms with E-state index in [0.29, 0.717) is 19.1 Å². The average Bonchev–Trinajstić information content (AvgIpc) is 2.99. The highest BCUT2D eigenvalue weighted by atomic mass is 16.4. The van der Waals surface area contributed by atoms with Crippen LogP contribution in [-0.4, -0.2) is 77.1 Å². The Morgan fingerprint density at radius 1 is 1.15 bits per heavy atom. The van der Waals surface area contributed by atoms with E-state index in [2.05, 4.69) is 4.90 Å². The Bertz CT molecular complexity index is 361. The van der Waals surface area contributed by atoms with Crippen molar-refractivity contribution in [2.75, 3.05) is 33.2 Å². The standard InChI is InChI=1S/C14H25N3O3/c1-11(13(18)19)15(2)14(20)17-9-7-16(8-10-17)12-5-3-4-6-12/h11-12H,3-10H2,1-2H3,(H,18,19). The van der Waals surface area contributed by atoms with Gasteiger partial charge in [0.25, 0.3) is 0 Å². The SMILES string of the molecule is CC(C(=O)O)N(C)C(=O)N1CCN(C2CCCC2)CC1. The molecule has 1 saturated carbocycles. The van der Waals surface area contributed by atoms with Gasteiger partial charge in [0.1, 0.15) is 6.04 Å². The van der Waals surface area contributed by atoms with Crippen LogP contribution in [0.15, 0.2) is 0 Å². The second-order valence-electron chi connectivity index (χ2n) is 5.87. The molecule has 20 heavy (non-hydrogen) atoms. The number of carbonyl (C=O) groups excluding carboxylic acids is 1. The number of amides is 2. The fourth-order valence-electron chi connectivity index (χ4n) is 3.10. The van der Waals surface area contributed by atoms with E-state index >= 15 is 0 Å². The van der Waals surface area contributed by atoms with Crippen molar-refractivity contribution in [2.45, 2.75) is 44.7 Å². The number of likely N-dealkylation sites (N-methyl/N-ethyl adjacent to an activating group) is 1. The molecule has 1 N–H and O–H groups in total. The highest BCUT2D eigenvalue weighted by Gasteiger charge is 2.31. The summed E-state index contributed by atoms with van der Waals surface area (Å²) in [6, 6.07) is -0.260. The highest BCUT2D eigenvalue weighted by molar-refractivity contribution is 5.82. The van der Waals surface area contributed by atoms with Gasteiger partial charge in [-0.3, -0.25) is 4.90 Å². The molecule has 1 unspecified atom stereocenters. The Balaban J connectivity index is 1.83. The van der Waals surface area contributed by atoms with E-state index in [1.807, 2.05) is 0 Å². The first-order chi connectivity index (χ1) is 9.50. The van der Waals surface area contributed by atoms with E-state index in [1.165, 1.54) is 37.5 Å². The number of urea groups is 1. The molecular formula is C14H25N3O3. The fourth-order valence-corrected chi connectivity index (χ4v) is 3.10. The Morgan fingerprint density at radius 3 is 2.20 bits per heavy atom. The fraction of sp³-hybridized carbons (Fsp3) is 0.857. The molecule has 2 rings (SSSR count). The lowest BCUT2D eigenvalue weighted by Crippen LogP contribution is -2.55. The van der Waals surface area contributed by atoms with Crippen LogP contribution in [0.4, 0.5) is 4.79 Å². The predicted octanol–water partition coefficient (Wildman–Crippen LogP) is 1.07. The zero-order chi connectivity index (χ0) is 14.7. The summed E-state index contributed by atoms with van der Waals surface area (Å²) >= 11 is 0. The van der Waals surface area contributed by atoms with Gasteiger partial charge in [-0.25, -0.2) is 9.59 Å². The van der Waals surface area contributed by atoms with E-state index in [-0.39, 0.29) is 6.03 Å². The minimum absolute atomic E-state index is 0.175. The molecule has 2 aliphatic rings. The molecular weight excluding hydrogens is 258 g/mol. The van der Waals surface area contributed by atoms with Crippen LogP contribution in [-0.2, 0) is 4.79 Å². The summed E-state index contributed by atoms with van der Waals surface area (Å²) in [6.45, 7) is 4.75. The van der Waals surface area contributed by atoms with Gasteiger partial charge in [-0.1, -0.05) is 12.8 Å².